The van der Waals surface area contributed by atoms with E-state index in [0.29, 0.717) is 18.1 Å². The molecule has 8 aromatic carbocycles. The molecule has 20 aromatic rings. The van der Waals surface area contributed by atoms with E-state index in [1.807, 2.05) is 91.0 Å². The van der Waals surface area contributed by atoms with Crippen LogP contribution in [-0.2, 0) is 102 Å². The molecule has 2 unspecified atom stereocenters. The van der Waals surface area contributed by atoms with Gasteiger partial charge in [0.05, 0.1) is 46.9 Å². The Labute approximate surface area is 826 Å². The molecule has 0 bridgehead atoms. The summed E-state index contributed by atoms with van der Waals surface area (Å²) in [6.07, 6.45) is 6.84. The first kappa shape index (κ1) is 104. The van der Waals surface area contributed by atoms with E-state index in [1.165, 1.54) is 73.9 Å². The second kappa shape index (κ2) is 46.6. The quantitative estimate of drug-likeness (QED) is 0.0975. The first-order valence-electron chi connectivity index (χ1n) is 42.0. The predicted octanol–water partition coefficient (Wildman–Crippen LogP) is 20.6. The van der Waals surface area contributed by atoms with Crippen molar-refractivity contribution in [3.8, 4) is 34.8 Å². The van der Waals surface area contributed by atoms with Crippen LogP contribution < -0.4 is 5.10 Å². The molecule has 4 radical (unpaired) electrons. The Morgan fingerprint density at radius 3 is 0.857 bits per heavy atom. The maximum Gasteiger partial charge on any atom is 0.356 e. The van der Waals surface area contributed by atoms with E-state index in [0.717, 1.165) is 95.9 Å². The largest absolute Gasteiger partial charge is 0.477 e. The molecule has 688 valence electrons. The molecule has 0 saturated heterocycles. The number of aryl methyl sites for hydroxylation is 1. The Balaban J connectivity index is 0.000000176. The van der Waals surface area contributed by atoms with Crippen molar-refractivity contribution < 1.29 is 110 Å². The van der Waals surface area contributed by atoms with Gasteiger partial charge in [-0.15, -0.1) is 41.9 Å². The summed E-state index contributed by atoms with van der Waals surface area (Å²) >= 11 is 0. The molecule has 12 heterocycles. The number of aliphatic hydroxyl groups excluding tert-OH is 2. The Morgan fingerprint density at radius 1 is 0.346 bits per heavy atom. The number of carboxylic acids is 2. The van der Waals surface area contributed by atoms with Crippen LogP contribution in [0, 0.1) is 31.2 Å². The number of aromatic carboxylic acids is 2. The van der Waals surface area contributed by atoms with Crippen molar-refractivity contribution in [2.24, 2.45) is 0 Å². The van der Waals surface area contributed by atoms with Crippen LogP contribution in [0.5, 0.6) is 0 Å². The summed E-state index contributed by atoms with van der Waals surface area (Å²) in [4.78, 5) is 39.1. The van der Waals surface area contributed by atoms with Gasteiger partial charge in [-0.3, -0.25) is 15.1 Å². The normalized spacial score (nSPS) is 11.5. The minimum atomic E-state index is -1.05. The van der Waals surface area contributed by atoms with Gasteiger partial charge in [0.2, 0.25) is 0 Å². The predicted molar refractivity (Wildman–Crippen MR) is 507 cm³/mol. The number of carbonyl (C=O) groups is 2. The first-order valence-corrected chi connectivity index (χ1v) is 42.0. The second-order valence-corrected chi connectivity index (χ2v) is 34.5. The van der Waals surface area contributed by atoms with Gasteiger partial charge in [-0.05, 0) is 152 Å². The molecule has 25 nitrogen and oxygen atoms in total. The van der Waals surface area contributed by atoms with Gasteiger partial charge in [0.1, 0.15) is 5.69 Å². The van der Waals surface area contributed by atoms with Gasteiger partial charge in [-0.2, -0.15) is 117 Å². The molecule has 20 rings (SSSR count). The number of hydrogen-bond donors (Lipinski definition) is 4. The van der Waals surface area contributed by atoms with Crippen molar-refractivity contribution in [1.82, 2.24) is 94.2 Å². The van der Waals surface area contributed by atoms with Crippen LogP contribution in [0.4, 0.5) is 0 Å². The summed E-state index contributed by atoms with van der Waals surface area (Å²) in [6, 6.07) is 98.0. The van der Waals surface area contributed by atoms with Crippen LogP contribution in [0.25, 0.3) is 122 Å². The second-order valence-electron chi connectivity index (χ2n) is 34.5. The summed E-state index contributed by atoms with van der Waals surface area (Å²) in [7, 11) is 0. The fraction of sp³-hybridized carbons (Fsp3) is 0.212. The average molecular weight is 2480 g/mol. The topological polar surface area (TPSA) is 329 Å². The van der Waals surface area contributed by atoms with Crippen LogP contribution in [0.15, 0.2) is 286 Å². The molecule has 0 amide bonds. The first-order chi connectivity index (χ1) is 61.8. The van der Waals surface area contributed by atoms with Crippen LogP contribution in [-0.4, -0.2) is 134 Å². The minimum Gasteiger partial charge on any atom is -0.477 e. The van der Waals surface area contributed by atoms with Gasteiger partial charge in [-0.1, -0.05) is 190 Å². The fourth-order valence-electron chi connectivity index (χ4n) is 14.0. The molecule has 12 aromatic heterocycles. The average Bonchev–Trinajstić information content (AvgIpc) is 1.62. The van der Waals surface area contributed by atoms with Crippen molar-refractivity contribution in [2.75, 3.05) is 0 Å². The number of nitrogens with zero attached hydrogens (tertiary/aromatic N) is 19. The number of aliphatic hydroxyl groups is 2. The van der Waals surface area contributed by atoms with E-state index < -0.39 is 11.9 Å². The molecule has 4 N–H and O–H groups in total. The van der Waals surface area contributed by atoms with Gasteiger partial charge < -0.3 is 48.8 Å². The van der Waals surface area contributed by atoms with Crippen LogP contribution in [0.1, 0.15) is 153 Å². The van der Waals surface area contributed by atoms with Crippen molar-refractivity contribution in [1.29, 1.82) is 0 Å². The smallest absolute Gasteiger partial charge is 0.356 e. The summed E-state index contributed by atoms with van der Waals surface area (Å²) < 4.78 is 8.52. The van der Waals surface area contributed by atoms with Crippen LogP contribution >= 0.6 is 0 Å². The van der Waals surface area contributed by atoms with Gasteiger partial charge in [0, 0.05) is 155 Å². The monoisotopic (exact) mass is 2480 g/mol. The molecular weight excluding hydrogens is 2380 g/mol. The van der Waals surface area contributed by atoms with Gasteiger partial charge in [0.15, 0.2) is 29.0 Å². The molecule has 133 heavy (non-hydrogen) atoms. The van der Waals surface area contributed by atoms with E-state index in [2.05, 4.69) is 347 Å². The zero-order valence-corrected chi connectivity index (χ0v) is 85.5. The third kappa shape index (κ3) is 25.8. The Kier molecular flexibility index (Phi) is 36.4. The van der Waals surface area contributed by atoms with Gasteiger partial charge >= 0.3 is 11.9 Å². The van der Waals surface area contributed by atoms with Crippen LogP contribution in [0.2, 0.25) is 0 Å². The van der Waals surface area contributed by atoms with E-state index in [9.17, 15) is 9.59 Å². The third-order valence-electron chi connectivity index (χ3n) is 20.4. The molecule has 0 aliphatic rings. The number of benzene rings is 8. The SMILES string of the molecule is CC(C)(C)c1ccc(-n2c3[c-]cccc3c3ccccc32)nn1.CC(C)(C)c1ccc(-n2c3[c-]cccc3c3ccccc32)nn1.CC(C)(C)c1ccc(-n2c3[c-]cccc3c3ccccc32)nn1.CC(C)(C)c1ccc(-n2c3[c-]cccc3c3ccccc32)nn1.CC(O)CC(C)O.Cc1n[n-]c(-c2ccccn2)n1.O=C(O)c1ccccn1.O=C(O)c1cnccn1.[Ir].[Ir].[Ir].[Ir]. The minimum absolute atomic E-state index is 0. The molecule has 0 saturated carbocycles. The summed E-state index contributed by atoms with van der Waals surface area (Å²) in [6.45, 7) is 30.8. The van der Waals surface area contributed by atoms with Crippen molar-refractivity contribution in [2.45, 2.75) is 144 Å². The van der Waals surface area contributed by atoms with Crippen molar-refractivity contribution in [3.63, 3.8) is 0 Å². The molecule has 0 fully saturated rings. The third-order valence-corrected chi connectivity index (χ3v) is 20.4. The number of aromatic nitrogens is 19. The Hall–Kier alpha value is -12.7. The molecule has 0 spiro atoms. The standard InChI is InChI=1S/4C20H18N3.C8H7N4.C6H5NO2.C5H4N2O2.C5H12O2.4Ir/c4*1-20(2,3)18-12-13-19(22-21-18)23-16-10-6-4-8-14(16)15-9-5-7-11-17(15)23;1-6-10-8(12-11-6)7-4-2-3-5-9-7;8-6(9)5-3-1-2-4-7-5;8-5(9)4-3-6-1-2-7-4;1-4(6)3-5(2)7;;;;/h4*4-10,12-13H,1-3H3;2-5H,1H3;1-4H,(H,8,9);1-3H,(H,8,9);4-7H,3H2,1-2H3;;;;/q5*-1;;;;;;;. The number of hydrogen-bond acceptors (Lipinski definition) is 18. The number of fused-ring (bicyclic) bond motifs is 12. The molecule has 2 atom stereocenters. The Morgan fingerprint density at radius 2 is 0.639 bits per heavy atom. The van der Waals surface area contributed by atoms with Crippen molar-refractivity contribution >= 4 is 99.2 Å². The van der Waals surface area contributed by atoms with E-state index in [4.69, 9.17) is 20.4 Å². The Bertz CT molecular complexity index is 6220. The summed E-state index contributed by atoms with van der Waals surface area (Å²) in [5, 5.41) is 86.6. The fourth-order valence-corrected chi connectivity index (χ4v) is 14.0. The van der Waals surface area contributed by atoms with Gasteiger partial charge in [0.25, 0.3) is 0 Å². The number of carboxylic acid groups (broad SMARTS) is 2. The van der Waals surface area contributed by atoms with E-state index in [-0.39, 0.29) is 126 Å². The van der Waals surface area contributed by atoms with Crippen molar-refractivity contribution in [3.05, 3.63) is 350 Å². The van der Waals surface area contributed by atoms with E-state index in [1.54, 1.807) is 39.1 Å². The molecule has 29 heteroatoms. The maximum absolute atomic E-state index is 10.1. The molecular formula is C104H100Ir4N19O6-5. The van der Waals surface area contributed by atoms with E-state index >= 15 is 0 Å². The maximum atomic E-state index is 10.1. The number of para-hydroxylation sites is 8. The molecule has 0 aliphatic carbocycles. The van der Waals surface area contributed by atoms with Gasteiger partial charge in [-0.25, -0.2) is 19.6 Å². The number of pyridine rings is 2. The van der Waals surface area contributed by atoms with Crippen LogP contribution in [0.3, 0.4) is 0 Å². The number of rotatable bonds is 9. The zero-order valence-electron chi connectivity index (χ0n) is 75.9. The molecule has 0 aliphatic heterocycles. The zero-order chi connectivity index (χ0) is 91.7. The summed E-state index contributed by atoms with van der Waals surface area (Å²) in [5.41, 5.74) is 13.4. The summed E-state index contributed by atoms with van der Waals surface area (Å²) in [5.74, 6) is 2.53.